The Hall–Kier alpha value is -2.93. The summed E-state index contributed by atoms with van der Waals surface area (Å²) in [5.74, 6) is 0.498. The second-order valence-corrected chi connectivity index (χ2v) is 6.69. The molecule has 1 aromatic carbocycles. The van der Waals surface area contributed by atoms with E-state index in [1.54, 1.807) is 12.4 Å². The van der Waals surface area contributed by atoms with Crippen molar-refractivity contribution in [2.75, 3.05) is 36.4 Å². The SMILES string of the molecule is Cc1cc(C)c2cc(C(=O)Nc3cnc(N4CCNCC4)nc3)[nH]c2c1. The van der Waals surface area contributed by atoms with Crippen molar-refractivity contribution in [1.82, 2.24) is 20.3 Å². The lowest BCUT2D eigenvalue weighted by Crippen LogP contribution is -2.44. The minimum absolute atomic E-state index is 0.197. The van der Waals surface area contributed by atoms with Gasteiger partial charge in [-0.05, 0) is 37.1 Å². The molecule has 7 nitrogen and oxygen atoms in total. The van der Waals surface area contributed by atoms with E-state index in [1.165, 1.54) is 5.56 Å². The molecule has 0 unspecified atom stereocenters. The van der Waals surface area contributed by atoms with Crippen LogP contribution in [0.2, 0.25) is 0 Å². The molecule has 134 valence electrons. The van der Waals surface area contributed by atoms with Crippen molar-refractivity contribution in [3.63, 3.8) is 0 Å². The number of carbonyl (C=O) groups is 1. The molecule has 4 rings (SSSR count). The Morgan fingerprint density at radius 1 is 1.12 bits per heavy atom. The summed E-state index contributed by atoms with van der Waals surface area (Å²) in [6.07, 6.45) is 3.31. The number of benzene rings is 1. The third-order valence-electron chi connectivity index (χ3n) is 4.63. The van der Waals surface area contributed by atoms with Crippen molar-refractivity contribution >= 4 is 28.4 Å². The molecule has 1 fully saturated rings. The molecule has 0 bridgehead atoms. The molecule has 1 aliphatic rings. The molecule has 26 heavy (non-hydrogen) atoms. The van der Waals surface area contributed by atoms with Crippen molar-refractivity contribution in [1.29, 1.82) is 0 Å². The molecular weight excluding hydrogens is 328 g/mol. The molecule has 1 saturated heterocycles. The van der Waals surface area contributed by atoms with E-state index >= 15 is 0 Å². The van der Waals surface area contributed by atoms with Gasteiger partial charge in [0.05, 0.1) is 18.1 Å². The average Bonchev–Trinajstić information content (AvgIpc) is 3.08. The summed E-state index contributed by atoms with van der Waals surface area (Å²) in [7, 11) is 0. The number of carbonyl (C=O) groups excluding carboxylic acids is 1. The second kappa shape index (κ2) is 6.76. The zero-order chi connectivity index (χ0) is 18.1. The second-order valence-electron chi connectivity index (χ2n) is 6.69. The van der Waals surface area contributed by atoms with E-state index < -0.39 is 0 Å². The Labute approximate surface area is 151 Å². The van der Waals surface area contributed by atoms with Gasteiger partial charge >= 0.3 is 0 Å². The number of nitrogens with zero attached hydrogens (tertiary/aromatic N) is 3. The summed E-state index contributed by atoms with van der Waals surface area (Å²) >= 11 is 0. The zero-order valence-electron chi connectivity index (χ0n) is 15.0. The molecular formula is C19H22N6O. The summed E-state index contributed by atoms with van der Waals surface area (Å²) in [5, 5.41) is 7.22. The van der Waals surface area contributed by atoms with Gasteiger partial charge in [0.15, 0.2) is 0 Å². The van der Waals surface area contributed by atoms with Crippen molar-refractivity contribution in [3.8, 4) is 0 Å². The monoisotopic (exact) mass is 350 g/mol. The predicted octanol–water partition coefficient (Wildman–Crippen LogP) is 2.24. The number of aromatic amines is 1. The number of rotatable bonds is 3. The van der Waals surface area contributed by atoms with Crippen molar-refractivity contribution < 1.29 is 4.79 Å². The topological polar surface area (TPSA) is 85.9 Å². The lowest BCUT2D eigenvalue weighted by molar-refractivity contribution is 0.102. The molecule has 0 saturated carbocycles. The Morgan fingerprint density at radius 2 is 1.85 bits per heavy atom. The largest absolute Gasteiger partial charge is 0.351 e. The van der Waals surface area contributed by atoms with Crippen LogP contribution in [-0.2, 0) is 0 Å². The Morgan fingerprint density at radius 3 is 2.58 bits per heavy atom. The highest BCUT2D eigenvalue weighted by Crippen LogP contribution is 2.22. The number of amides is 1. The molecule has 3 N–H and O–H groups in total. The lowest BCUT2D eigenvalue weighted by atomic mass is 10.1. The highest BCUT2D eigenvalue weighted by atomic mass is 16.1. The van der Waals surface area contributed by atoms with Crippen molar-refractivity contribution in [3.05, 3.63) is 47.4 Å². The van der Waals surface area contributed by atoms with Crippen molar-refractivity contribution in [2.24, 2.45) is 0 Å². The molecule has 2 aromatic heterocycles. The molecule has 1 amide bonds. The van der Waals surface area contributed by atoms with Gasteiger partial charge in [-0.15, -0.1) is 0 Å². The first-order valence-electron chi connectivity index (χ1n) is 8.79. The summed E-state index contributed by atoms with van der Waals surface area (Å²) in [4.78, 5) is 26.6. The number of aromatic nitrogens is 3. The van der Waals surface area contributed by atoms with Gasteiger partial charge in [0, 0.05) is 37.1 Å². The molecule has 3 heterocycles. The number of anilines is 2. The van der Waals surface area contributed by atoms with Crippen LogP contribution in [0.3, 0.4) is 0 Å². The standard InChI is InChI=1S/C19H22N6O/c1-12-7-13(2)15-9-17(24-16(15)8-12)18(26)23-14-10-21-19(22-11-14)25-5-3-20-4-6-25/h7-11,20,24H,3-6H2,1-2H3,(H,23,26). The summed E-state index contributed by atoms with van der Waals surface area (Å²) in [6, 6.07) is 6.04. The van der Waals surface area contributed by atoms with Gasteiger partial charge < -0.3 is 20.5 Å². The fourth-order valence-corrected chi connectivity index (χ4v) is 3.33. The quantitative estimate of drug-likeness (QED) is 0.674. The summed E-state index contributed by atoms with van der Waals surface area (Å²) in [6.45, 7) is 7.74. The molecule has 0 spiro atoms. The Kier molecular flexibility index (Phi) is 4.30. The first-order chi connectivity index (χ1) is 12.6. The van der Waals surface area contributed by atoms with Gasteiger partial charge in [0.2, 0.25) is 5.95 Å². The third kappa shape index (κ3) is 3.25. The van der Waals surface area contributed by atoms with Gasteiger partial charge in [-0.3, -0.25) is 4.79 Å². The van der Waals surface area contributed by atoms with Gasteiger partial charge in [-0.25, -0.2) is 9.97 Å². The number of hydrogen-bond acceptors (Lipinski definition) is 5. The van der Waals surface area contributed by atoms with Crippen LogP contribution in [0.4, 0.5) is 11.6 Å². The number of fused-ring (bicyclic) bond motifs is 1. The van der Waals surface area contributed by atoms with E-state index in [0.29, 0.717) is 17.3 Å². The van der Waals surface area contributed by atoms with Crippen LogP contribution in [0.25, 0.3) is 10.9 Å². The van der Waals surface area contributed by atoms with Crippen LogP contribution in [0.15, 0.2) is 30.6 Å². The fraction of sp³-hybridized carbons (Fsp3) is 0.316. The average molecular weight is 350 g/mol. The predicted molar refractivity (Wildman–Crippen MR) is 103 cm³/mol. The van der Waals surface area contributed by atoms with E-state index in [9.17, 15) is 4.79 Å². The summed E-state index contributed by atoms with van der Waals surface area (Å²) < 4.78 is 0. The first-order valence-corrected chi connectivity index (χ1v) is 8.79. The number of H-pyrrole nitrogens is 1. The number of hydrogen-bond donors (Lipinski definition) is 3. The minimum Gasteiger partial charge on any atom is -0.351 e. The third-order valence-corrected chi connectivity index (χ3v) is 4.63. The maximum absolute atomic E-state index is 12.5. The molecule has 0 atom stereocenters. The lowest BCUT2D eigenvalue weighted by Gasteiger charge is -2.27. The van der Waals surface area contributed by atoms with Crippen LogP contribution in [-0.4, -0.2) is 47.0 Å². The highest BCUT2D eigenvalue weighted by molar-refractivity contribution is 6.06. The zero-order valence-corrected chi connectivity index (χ0v) is 15.0. The van der Waals surface area contributed by atoms with Crippen LogP contribution in [0.5, 0.6) is 0 Å². The van der Waals surface area contributed by atoms with E-state index in [1.807, 2.05) is 26.0 Å². The smallest absolute Gasteiger partial charge is 0.272 e. The molecule has 3 aromatic rings. The van der Waals surface area contributed by atoms with E-state index in [2.05, 4.69) is 36.6 Å². The maximum Gasteiger partial charge on any atom is 0.272 e. The van der Waals surface area contributed by atoms with Crippen LogP contribution in [0.1, 0.15) is 21.6 Å². The summed E-state index contributed by atoms with van der Waals surface area (Å²) in [5.41, 5.74) is 4.40. The first kappa shape index (κ1) is 16.5. The maximum atomic E-state index is 12.5. The van der Waals surface area contributed by atoms with E-state index in [0.717, 1.165) is 42.6 Å². The molecule has 1 aliphatic heterocycles. The number of nitrogens with one attached hydrogen (secondary N) is 3. The number of aryl methyl sites for hydroxylation is 2. The Bertz CT molecular complexity index is 941. The van der Waals surface area contributed by atoms with Gasteiger partial charge in [0.25, 0.3) is 5.91 Å². The Balaban J connectivity index is 1.50. The van der Waals surface area contributed by atoms with Crippen LogP contribution >= 0.6 is 0 Å². The van der Waals surface area contributed by atoms with Crippen molar-refractivity contribution in [2.45, 2.75) is 13.8 Å². The number of piperazine rings is 1. The van der Waals surface area contributed by atoms with E-state index in [-0.39, 0.29) is 5.91 Å². The van der Waals surface area contributed by atoms with Crippen LogP contribution in [0, 0.1) is 13.8 Å². The normalized spacial score (nSPS) is 14.6. The van der Waals surface area contributed by atoms with E-state index in [4.69, 9.17) is 0 Å². The highest BCUT2D eigenvalue weighted by Gasteiger charge is 2.14. The molecule has 7 heteroatoms. The van der Waals surface area contributed by atoms with Gasteiger partial charge in [-0.1, -0.05) is 6.07 Å². The molecule has 0 radical (unpaired) electrons. The van der Waals surface area contributed by atoms with Gasteiger partial charge in [-0.2, -0.15) is 0 Å². The fourth-order valence-electron chi connectivity index (χ4n) is 3.33. The minimum atomic E-state index is -0.197. The van der Waals surface area contributed by atoms with Gasteiger partial charge in [0.1, 0.15) is 5.69 Å². The van der Waals surface area contributed by atoms with Crippen LogP contribution < -0.4 is 15.5 Å². The molecule has 0 aliphatic carbocycles.